The van der Waals surface area contributed by atoms with Crippen molar-refractivity contribution < 1.29 is 8.42 Å². The minimum Gasteiger partial charge on any atom is -0.326 e. The van der Waals surface area contributed by atoms with Crippen LogP contribution in [0.25, 0.3) is 0 Å². The maximum atomic E-state index is 12.9. The molecule has 0 radical (unpaired) electrons. The lowest BCUT2D eigenvalue weighted by atomic mass is 10.1. The van der Waals surface area contributed by atoms with Gasteiger partial charge in [0.05, 0.1) is 4.90 Å². The predicted molar refractivity (Wildman–Crippen MR) is 84.5 cm³/mol. The Morgan fingerprint density at radius 2 is 1.81 bits per heavy atom. The number of likely N-dealkylation sites (N-methyl/N-ethyl adjacent to an activating group) is 1. The van der Waals surface area contributed by atoms with Crippen molar-refractivity contribution in [2.75, 3.05) is 20.1 Å². The first kappa shape index (κ1) is 16.4. The summed E-state index contributed by atoms with van der Waals surface area (Å²) in [6.45, 7) is 7.42. The van der Waals surface area contributed by atoms with Crippen molar-refractivity contribution >= 4 is 10.0 Å². The van der Waals surface area contributed by atoms with Crippen LogP contribution in [0.3, 0.4) is 0 Å². The molecule has 0 aromatic heterocycles. The minimum absolute atomic E-state index is 0.215. The number of hydrogen-bond donors (Lipinski definition) is 1. The van der Waals surface area contributed by atoms with Crippen molar-refractivity contribution in [3.8, 4) is 0 Å². The smallest absolute Gasteiger partial charge is 0.243 e. The van der Waals surface area contributed by atoms with Gasteiger partial charge in [-0.2, -0.15) is 4.31 Å². The van der Waals surface area contributed by atoms with Crippen LogP contribution in [-0.2, 0) is 16.6 Å². The topological polar surface area (TPSA) is 66.6 Å². The van der Waals surface area contributed by atoms with Crippen molar-refractivity contribution in [3.63, 3.8) is 0 Å². The monoisotopic (exact) mass is 311 g/mol. The molecule has 2 atom stereocenters. The molecule has 2 N–H and O–H groups in total. The zero-order chi connectivity index (χ0) is 15.8. The molecule has 0 spiro atoms. The summed E-state index contributed by atoms with van der Waals surface area (Å²) in [4.78, 5) is 2.61. The third-order valence-electron chi connectivity index (χ3n) is 4.42. The van der Waals surface area contributed by atoms with Crippen molar-refractivity contribution in [2.24, 2.45) is 5.73 Å². The molecule has 2 rings (SSSR count). The fourth-order valence-corrected chi connectivity index (χ4v) is 4.63. The molecular weight excluding hydrogens is 286 g/mol. The van der Waals surface area contributed by atoms with Crippen LogP contribution in [0.5, 0.6) is 0 Å². The van der Waals surface area contributed by atoms with E-state index in [1.807, 2.05) is 20.0 Å². The van der Waals surface area contributed by atoms with Gasteiger partial charge in [0.1, 0.15) is 0 Å². The fraction of sp³-hybridized carbons (Fsp3) is 0.600. The molecule has 1 aromatic carbocycles. The summed E-state index contributed by atoms with van der Waals surface area (Å²) in [5.41, 5.74) is 7.32. The number of aryl methyl sites for hydroxylation is 1. The van der Waals surface area contributed by atoms with Gasteiger partial charge < -0.3 is 5.73 Å². The number of nitrogens with zero attached hydrogens (tertiary/aromatic N) is 2. The summed E-state index contributed by atoms with van der Waals surface area (Å²) in [5.74, 6) is 0. The van der Waals surface area contributed by atoms with Gasteiger partial charge in [0.15, 0.2) is 0 Å². The van der Waals surface area contributed by atoms with Gasteiger partial charge in [0.2, 0.25) is 10.0 Å². The Morgan fingerprint density at radius 1 is 1.24 bits per heavy atom. The lowest BCUT2D eigenvalue weighted by molar-refractivity contribution is 0.105. The van der Waals surface area contributed by atoms with E-state index in [-0.39, 0.29) is 12.1 Å². The van der Waals surface area contributed by atoms with Gasteiger partial charge >= 0.3 is 0 Å². The van der Waals surface area contributed by atoms with E-state index >= 15 is 0 Å². The molecule has 21 heavy (non-hydrogen) atoms. The summed E-state index contributed by atoms with van der Waals surface area (Å²) in [5, 5.41) is 0. The van der Waals surface area contributed by atoms with E-state index in [0.717, 1.165) is 11.1 Å². The molecule has 2 unspecified atom stereocenters. The average molecular weight is 311 g/mol. The molecule has 1 aliphatic heterocycles. The van der Waals surface area contributed by atoms with Gasteiger partial charge in [-0.15, -0.1) is 0 Å². The number of benzene rings is 1. The third kappa shape index (κ3) is 3.13. The zero-order valence-corrected chi connectivity index (χ0v) is 14.0. The third-order valence-corrected chi connectivity index (χ3v) is 6.41. The molecule has 0 saturated carbocycles. The Kier molecular flexibility index (Phi) is 4.72. The van der Waals surface area contributed by atoms with Crippen LogP contribution in [0.4, 0.5) is 0 Å². The van der Waals surface area contributed by atoms with E-state index in [1.54, 1.807) is 16.4 Å². The molecule has 0 amide bonds. The van der Waals surface area contributed by atoms with Crippen molar-refractivity contribution in [2.45, 2.75) is 44.3 Å². The molecule has 5 nitrogen and oxygen atoms in total. The first-order valence-corrected chi connectivity index (χ1v) is 8.73. The second-order valence-corrected chi connectivity index (χ2v) is 7.90. The Balaban J connectivity index is 2.34. The van der Waals surface area contributed by atoms with Gasteiger partial charge in [0.25, 0.3) is 0 Å². The number of piperazine rings is 1. The van der Waals surface area contributed by atoms with Crippen LogP contribution in [0.15, 0.2) is 23.1 Å². The molecule has 1 heterocycles. The molecule has 1 fully saturated rings. The Labute approximate surface area is 127 Å². The maximum absolute atomic E-state index is 12.9. The highest BCUT2D eigenvalue weighted by Gasteiger charge is 2.34. The fourth-order valence-electron chi connectivity index (χ4n) is 2.82. The first-order valence-electron chi connectivity index (χ1n) is 7.29. The van der Waals surface area contributed by atoms with Crippen molar-refractivity contribution in [1.29, 1.82) is 0 Å². The van der Waals surface area contributed by atoms with Crippen LogP contribution >= 0.6 is 0 Å². The highest BCUT2D eigenvalue weighted by atomic mass is 32.2. The second-order valence-electron chi connectivity index (χ2n) is 5.99. The van der Waals surface area contributed by atoms with Crippen molar-refractivity contribution in [3.05, 3.63) is 29.3 Å². The van der Waals surface area contributed by atoms with Gasteiger partial charge in [-0.1, -0.05) is 12.1 Å². The lowest BCUT2D eigenvalue weighted by Gasteiger charge is -2.41. The van der Waals surface area contributed by atoms with E-state index in [0.29, 0.717) is 24.5 Å². The molecule has 0 aliphatic carbocycles. The number of rotatable bonds is 3. The Bertz CT molecular complexity index is 603. The molecule has 1 saturated heterocycles. The summed E-state index contributed by atoms with van der Waals surface area (Å²) >= 11 is 0. The van der Waals surface area contributed by atoms with Crippen LogP contribution in [-0.4, -0.2) is 49.8 Å². The molecule has 1 aliphatic rings. The highest BCUT2D eigenvalue weighted by Crippen LogP contribution is 2.25. The molecule has 118 valence electrons. The normalized spacial score (nSPS) is 25.2. The van der Waals surface area contributed by atoms with Crippen LogP contribution < -0.4 is 5.73 Å². The van der Waals surface area contributed by atoms with Gasteiger partial charge in [-0.3, -0.25) is 4.90 Å². The second kappa shape index (κ2) is 6.04. The molecule has 1 aromatic rings. The maximum Gasteiger partial charge on any atom is 0.243 e. The molecule has 0 bridgehead atoms. The lowest BCUT2D eigenvalue weighted by Crippen LogP contribution is -2.56. The quantitative estimate of drug-likeness (QED) is 0.910. The van der Waals surface area contributed by atoms with Crippen LogP contribution in [0, 0.1) is 6.92 Å². The minimum atomic E-state index is -3.44. The number of nitrogens with two attached hydrogens (primary N) is 1. The summed E-state index contributed by atoms with van der Waals surface area (Å²) in [6, 6.07) is 5.76. The van der Waals surface area contributed by atoms with E-state index in [4.69, 9.17) is 5.73 Å². The van der Waals surface area contributed by atoms with E-state index in [1.165, 1.54) is 0 Å². The number of hydrogen-bond acceptors (Lipinski definition) is 4. The predicted octanol–water partition coefficient (Wildman–Crippen LogP) is 1.17. The highest BCUT2D eigenvalue weighted by molar-refractivity contribution is 7.89. The van der Waals surface area contributed by atoms with E-state index in [9.17, 15) is 8.42 Å². The number of sulfonamides is 1. The zero-order valence-electron chi connectivity index (χ0n) is 13.2. The summed E-state index contributed by atoms with van der Waals surface area (Å²) in [7, 11) is -1.40. The van der Waals surface area contributed by atoms with Gasteiger partial charge in [-0.05, 0) is 45.0 Å². The van der Waals surface area contributed by atoms with Crippen LogP contribution in [0.1, 0.15) is 25.0 Å². The summed E-state index contributed by atoms with van der Waals surface area (Å²) < 4.78 is 27.4. The van der Waals surface area contributed by atoms with Gasteiger partial charge in [0, 0.05) is 31.7 Å². The Hall–Kier alpha value is -0.950. The SMILES string of the molecule is Cc1cc(CN)ccc1S(=O)(=O)N1CC(C)N(C)C(C)C1. The molecular formula is C15H25N3O2S. The molecule has 6 heteroatoms. The van der Waals surface area contributed by atoms with Crippen molar-refractivity contribution in [1.82, 2.24) is 9.21 Å². The first-order chi connectivity index (χ1) is 9.77. The van der Waals surface area contributed by atoms with Gasteiger partial charge in [-0.25, -0.2) is 8.42 Å². The van der Waals surface area contributed by atoms with Crippen LogP contribution in [0.2, 0.25) is 0 Å². The Morgan fingerprint density at radius 3 is 2.29 bits per heavy atom. The standard InChI is InChI=1S/C15H25N3O2S/c1-11-7-14(8-16)5-6-15(11)21(19,20)18-9-12(2)17(4)13(3)10-18/h5-7,12-13H,8-10,16H2,1-4H3. The summed E-state index contributed by atoms with van der Waals surface area (Å²) in [6.07, 6.45) is 0. The van der Waals surface area contributed by atoms with E-state index in [2.05, 4.69) is 18.7 Å². The largest absolute Gasteiger partial charge is 0.326 e. The average Bonchev–Trinajstić information content (AvgIpc) is 2.43. The van der Waals surface area contributed by atoms with E-state index < -0.39 is 10.0 Å².